The summed E-state index contributed by atoms with van der Waals surface area (Å²) >= 11 is 0. The number of anilines is 1. The first kappa shape index (κ1) is 15.5. The second-order valence-electron chi connectivity index (χ2n) is 5.75. The maximum absolute atomic E-state index is 11.9. The van der Waals surface area contributed by atoms with E-state index >= 15 is 0 Å². The highest BCUT2D eigenvalue weighted by molar-refractivity contribution is 5.80. The number of hydrogen-bond donors (Lipinski definition) is 1. The number of benzene rings is 1. The predicted octanol–water partition coefficient (Wildman–Crippen LogP) is 3.26. The highest BCUT2D eigenvalue weighted by Crippen LogP contribution is 2.23. The minimum Gasteiger partial charge on any atom is -0.376 e. The molecule has 0 saturated carbocycles. The summed E-state index contributed by atoms with van der Waals surface area (Å²) in [5.41, 5.74) is 2.46. The van der Waals surface area contributed by atoms with Crippen LogP contribution in [0, 0.1) is 0 Å². The molecule has 0 aliphatic carbocycles. The number of nitrogens with zero attached hydrogens (tertiary/aromatic N) is 1. The first-order valence-corrected chi connectivity index (χ1v) is 7.00. The van der Waals surface area contributed by atoms with Crippen molar-refractivity contribution in [3.05, 3.63) is 29.8 Å². The van der Waals surface area contributed by atoms with Crippen molar-refractivity contribution in [3.63, 3.8) is 0 Å². The maximum Gasteiger partial charge on any atom is 0.241 e. The van der Waals surface area contributed by atoms with Crippen molar-refractivity contribution >= 4 is 11.6 Å². The number of rotatable bonds is 5. The summed E-state index contributed by atoms with van der Waals surface area (Å²) in [6.45, 7) is 12.5. The molecule has 0 fully saturated rings. The quantitative estimate of drug-likeness (QED) is 0.883. The van der Waals surface area contributed by atoms with Gasteiger partial charge in [-0.3, -0.25) is 4.79 Å². The number of nitrogens with one attached hydrogen (secondary N) is 1. The zero-order valence-electron chi connectivity index (χ0n) is 12.8. The lowest BCUT2D eigenvalue weighted by atomic mass is 9.87. The van der Waals surface area contributed by atoms with Gasteiger partial charge in [-0.2, -0.15) is 0 Å². The SMILES string of the molecule is CCN(CC)C(=O)CNc1ccc(C(C)(C)C)cc1. The minimum absolute atomic E-state index is 0.143. The molecule has 0 radical (unpaired) electrons. The van der Waals surface area contributed by atoms with E-state index in [-0.39, 0.29) is 11.3 Å². The van der Waals surface area contributed by atoms with E-state index in [0.717, 1.165) is 18.8 Å². The number of carbonyl (C=O) groups is 1. The van der Waals surface area contributed by atoms with E-state index in [1.165, 1.54) is 5.56 Å². The fourth-order valence-corrected chi connectivity index (χ4v) is 1.95. The van der Waals surface area contributed by atoms with E-state index in [1.807, 2.05) is 30.9 Å². The smallest absolute Gasteiger partial charge is 0.241 e. The molecule has 1 aromatic rings. The Morgan fingerprint density at radius 2 is 1.63 bits per heavy atom. The van der Waals surface area contributed by atoms with Gasteiger partial charge in [0.15, 0.2) is 0 Å². The number of hydrogen-bond acceptors (Lipinski definition) is 2. The van der Waals surface area contributed by atoms with Crippen molar-refractivity contribution in [2.45, 2.75) is 40.0 Å². The lowest BCUT2D eigenvalue weighted by Gasteiger charge is -2.20. The molecule has 0 unspecified atom stereocenters. The Labute approximate surface area is 117 Å². The van der Waals surface area contributed by atoms with Gasteiger partial charge in [0.05, 0.1) is 6.54 Å². The molecule has 19 heavy (non-hydrogen) atoms. The lowest BCUT2D eigenvalue weighted by molar-refractivity contribution is -0.128. The molecule has 106 valence electrons. The summed E-state index contributed by atoms with van der Waals surface area (Å²) in [4.78, 5) is 13.7. The maximum atomic E-state index is 11.9. The van der Waals surface area contributed by atoms with Gasteiger partial charge in [0.1, 0.15) is 0 Å². The largest absolute Gasteiger partial charge is 0.376 e. The summed E-state index contributed by atoms with van der Waals surface area (Å²) in [6, 6.07) is 8.31. The molecule has 3 heteroatoms. The zero-order chi connectivity index (χ0) is 14.5. The summed E-state index contributed by atoms with van der Waals surface area (Å²) in [5, 5.41) is 3.18. The van der Waals surface area contributed by atoms with Crippen molar-refractivity contribution in [2.24, 2.45) is 0 Å². The highest BCUT2D eigenvalue weighted by Gasteiger charge is 2.13. The van der Waals surface area contributed by atoms with Crippen LogP contribution in [0.4, 0.5) is 5.69 Å². The summed E-state index contributed by atoms with van der Waals surface area (Å²) in [6.07, 6.45) is 0. The Hall–Kier alpha value is -1.51. The molecular weight excluding hydrogens is 236 g/mol. The van der Waals surface area contributed by atoms with Gasteiger partial charge in [-0.15, -0.1) is 0 Å². The van der Waals surface area contributed by atoms with Gasteiger partial charge < -0.3 is 10.2 Å². The van der Waals surface area contributed by atoms with Crippen molar-refractivity contribution < 1.29 is 4.79 Å². The number of likely N-dealkylation sites (N-methyl/N-ethyl adjacent to an activating group) is 1. The molecule has 0 bridgehead atoms. The molecule has 0 aliphatic heterocycles. The van der Waals surface area contributed by atoms with Crippen LogP contribution in [0.2, 0.25) is 0 Å². The molecular formula is C16H26N2O. The Kier molecular flexibility index (Phi) is 5.40. The fourth-order valence-electron chi connectivity index (χ4n) is 1.95. The average molecular weight is 262 g/mol. The van der Waals surface area contributed by atoms with E-state index in [4.69, 9.17) is 0 Å². The van der Waals surface area contributed by atoms with E-state index in [9.17, 15) is 4.79 Å². The zero-order valence-corrected chi connectivity index (χ0v) is 12.8. The molecule has 0 atom stereocenters. The summed E-state index contributed by atoms with van der Waals surface area (Å²) in [5.74, 6) is 0.143. The third-order valence-electron chi connectivity index (χ3n) is 3.31. The van der Waals surface area contributed by atoms with Crippen LogP contribution in [0.25, 0.3) is 0 Å². The molecule has 3 nitrogen and oxygen atoms in total. The molecule has 1 amide bonds. The van der Waals surface area contributed by atoms with Gasteiger partial charge in [0.25, 0.3) is 0 Å². The van der Waals surface area contributed by atoms with E-state index in [0.29, 0.717) is 6.54 Å². The first-order valence-electron chi connectivity index (χ1n) is 7.00. The van der Waals surface area contributed by atoms with Crippen LogP contribution >= 0.6 is 0 Å². The molecule has 1 N–H and O–H groups in total. The van der Waals surface area contributed by atoms with Gasteiger partial charge in [-0.1, -0.05) is 32.9 Å². The third kappa shape index (κ3) is 4.58. The van der Waals surface area contributed by atoms with Gasteiger partial charge in [0, 0.05) is 18.8 Å². The van der Waals surface area contributed by atoms with Crippen molar-refractivity contribution in [3.8, 4) is 0 Å². The van der Waals surface area contributed by atoms with Crippen LogP contribution < -0.4 is 5.32 Å². The molecule has 0 aliphatic rings. The molecule has 0 aromatic heterocycles. The summed E-state index contributed by atoms with van der Waals surface area (Å²) < 4.78 is 0. The van der Waals surface area contributed by atoms with Crippen LogP contribution in [0.5, 0.6) is 0 Å². The highest BCUT2D eigenvalue weighted by atomic mass is 16.2. The van der Waals surface area contributed by atoms with Crippen molar-refractivity contribution in [2.75, 3.05) is 25.0 Å². The normalized spacial score (nSPS) is 11.2. The Morgan fingerprint density at radius 1 is 1.11 bits per heavy atom. The van der Waals surface area contributed by atoms with Crippen molar-refractivity contribution in [1.82, 2.24) is 4.90 Å². The van der Waals surface area contributed by atoms with E-state index in [1.54, 1.807) is 0 Å². The lowest BCUT2D eigenvalue weighted by Crippen LogP contribution is -2.35. The average Bonchev–Trinajstić information content (AvgIpc) is 2.37. The minimum atomic E-state index is 0.143. The second kappa shape index (κ2) is 6.60. The predicted molar refractivity (Wildman–Crippen MR) is 81.6 cm³/mol. The molecule has 1 aromatic carbocycles. The van der Waals surface area contributed by atoms with Crippen LogP contribution in [0.1, 0.15) is 40.2 Å². The Morgan fingerprint density at radius 3 is 2.05 bits per heavy atom. The monoisotopic (exact) mass is 262 g/mol. The Bertz CT molecular complexity index is 400. The first-order chi connectivity index (χ1) is 8.88. The second-order valence-corrected chi connectivity index (χ2v) is 5.75. The number of carbonyl (C=O) groups excluding carboxylic acids is 1. The van der Waals surface area contributed by atoms with Crippen LogP contribution in [-0.2, 0) is 10.2 Å². The summed E-state index contributed by atoms with van der Waals surface area (Å²) in [7, 11) is 0. The molecule has 0 heterocycles. The fraction of sp³-hybridized carbons (Fsp3) is 0.562. The molecule has 0 spiro atoms. The van der Waals surface area contributed by atoms with Crippen molar-refractivity contribution in [1.29, 1.82) is 0 Å². The van der Waals surface area contributed by atoms with E-state index in [2.05, 4.69) is 38.2 Å². The van der Waals surface area contributed by atoms with Gasteiger partial charge in [-0.05, 0) is 37.0 Å². The molecule has 0 saturated heterocycles. The van der Waals surface area contributed by atoms with Crippen LogP contribution in [0.15, 0.2) is 24.3 Å². The molecule has 1 rings (SSSR count). The third-order valence-corrected chi connectivity index (χ3v) is 3.31. The van der Waals surface area contributed by atoms with Gasteiger partial charge >= 0.3 is 0 Å². The van der Waals surface area contributed by atoms with E-state index < -0.39 is 0 Å². The van der Waals surface area contributed by atoms with Crippen LogP contribution in [0.3, 0.4) is 0 Å². The van der Waals surface area contributed by atoms with Crippen LogP contribution in [-0.4, -0.2) is 30.4 Å². The van der Waals surface area contributed by atoms with Gasteiger partial charge in [-0.25, -0.2) is 0 Å². The van der Waals surface area contributed by atoms with Gasteiger partial charge in [0.2, 0.25) is 5.91 Å². The number of amides is 1. The standard InChI is InChI=1S/C16H26N2O/c1-6-18(7-2)15(19)12-17-14-10-8-13(9-11-14)16(3,4)5/h8-11,17H,6-7,12H2,1-5H3. The Balaban J connectivity index is 2.57. The topological polar surface area (TPSA) is 32.3 Å².